The van der Waals surface area contributed by atoms with Crippen molar-refractivity contribution in [1.29, 1.82) is 0 Å². The number of nitrogens with two attached hydrogens (primary N) is 1. The molecule has 0 atom stereocenters. The van der Waals surface area contributed by atoms with Crippen molar-refractivity contribution in [3.63, 3.8) is 0 Å². The fraction of sp³-hybridized carbons (Fsp3) is 0.500. The summed E-state index contributed by atoms with van der Waals surface area (Å²) in [6.07, 6.45) is 1.87. The van der Waals surface area contributed by atoms with Crippen molar-refractivity contribution >= 4 is 27.2 Å². The van der Waals surface area contributed by atoms with Gasteiger partial charge in [0.25, 0.3) is 0 Å². The topological polar surface area (TPSA) is 72.6 Å². The third kappa shape index (κ3) is 4.47. The molecule has 0 aliphatic heterocycles. The zero-order valence-electron chi connectivity index (χ0n) is 12.0. The number of ether oxygens (including phenoxy) is 1. The van der Waals surface area contributed by atoms with Crippen LogP contribution in [0, 0.1) is 0 Å². The Bertz CT molecular complexity index is 595. The zero-order chi connectivity index (χ0) is 15.5. The molecule has 1 aliphatic carbocycles. The summed E-state index contributed by atoms with van der Waals surface area (Å²) in [6.45, 7) is 0.824. The minimum absolute atomic E-state index is 0.00910. The fourth-order valence-electron chi connectivity index (χ4n) is 2.15. The highest BCUT2D eigenvalue weighted by Gasteiger charge is 2.36. The molecule has 0 heterocycles. The van der Waals surface area contributed by atoms with Crippen LogP contribution in [0.15, 0.2) is 24.3 Å². The van der Waals surface area contributed by atoms with E-state index in [1.54, 1.807) is 35.7 Å². The van der Waals surface area contributed by atoms with Crippen LogP contribution in [0.4, 0.5) is 0 Å². The average molecular weight is 328 g/mol. The first kappa shape index (κ1) is 16.4. The Morgan fingerprint density at radius 2 is 2.00 bits per heavy atom. The van der Waals surface area contributed by atoms with Crippen LogP contribution < -0.4 is 5.73 Å². The number of thiocarbonyl (C=S) groups is 1. The summed E-state index contributed by atoms with van der Waals surface area (Å²) in [5, 5.41) is 0. The van der Waals surface area contributed by atoms with Crippen LogP contribution in [0.25, 0.3) is 0 Å². The molecule has 0 unspecified atom stereocenters. The molecule has 0 amide bonds. The second-order valence-corrected chi connectivity index (χ2v) is 7.51. The number of nitrogens with zero attached hydrogens (tertiary/aromatic N) is 1. The van der Waals surface area contributed by atoms with Crippen molar-refractivity contribution in [3.05, 3.63) is 35.4 Å². The summed E-state index contributed by atoms with van der Waals surface area (Å²) in [5.41, 5.74) is 7.01. The van der Waals surface area contributed by atoms with Crippen molar-refractivity contribution in [1.82, 2.24) is 4.31 Å². The second-order valence-electron chi connectivity index (χ2n) is 5.15. The van der Waals surface area contributed by atoms with Gasteiger partial charge in [0.1, 0.15) is 4.99 Å². The maximum atomic E-state index is 12.5. The molecule has 0 saturated heterocycles. The standard InChI is InChI=1S/C14H20N2O3S2/c1-19-9-8-16(13-6-7-13)21(17,18)10-11-2-4-12(5-3-11)14(15)20/h2-5,13H,6-10H2,1H3,(H2,15,20). The predicted molar refractivity (Wildman–Crippen MR) is 86.6 cm³/mol. The number of methoxy groups -OCH3 is 1. The van der Waals surface area contributed by atoms with Gasteiger partial charge in [0.15, 0.2) is 0 Å². The molecule has 7 heteroatoms. The van der Waals surface area contributed by atoms with Gasteiger partial charge >= 0.3 is 0 Å². The van der Waals surface area contributed by atoms with Gasteiger partial charge in [0, 0.05) is 25.3 Å². The number of hydrogen-bond acceptors (Lipinski definition) is 4. The SMILES string of the molecule is COCCN(C1CC1)S(=O)(=O)Cc1ccc(C(N)=S)cc1. The largest absolute Gasteiger partial charge is 0.389 e. The monoisotopic (exact) mass is 328 g/mol. The molecule has 1 fully saturated rings. The second kappa shape index (κ2) is 6.83. The molecule has 0 aromatic heterocycles. The van der Waals surface area contributed by atoms with E-state index in [9.17, 15) is 8.42 Å². The van der Waals surface area contributed by atoms with Crippen LogP contribution in [0.1, 0.15) is 24.0 Å². The Kier molecular flexibility index (Phi) is 5.32. The van der Waals surface area contributed by atoms with Gasteiger partial charge in [-0.1, -0.05) is 36.5 Å². The molecule has 21 heavy (non-hydrogen) atoms. The first-order chi connectivity index (χ1) is 9.94. The molecule has 5 nitrogen and oxygen atoms in total. The van der Waals surface area contributed by atoms with Crippen LogP contribution in [0.3, 0.4) is 0 Å². The Hall–Kier alpha value is -1.02. The van der Waals surface area contributed by atoms with Crippen molar-refractivity contribution in [2.45, 2.75) is 24.6 Å². The number of hydrogen-bond donors (Lipinski definition) is 1. The predicted octanol–water partition coefficient (Wildman–Crippen LogP) is 1.26. The fourth-order valence-corrected chi connectivity index (χ4v) is 4.08. The van der Waals surface area contributed by atoms with E-state index in [0.717, 1.165) is 24.0 Å². The van der Waals surface area contributed by atoms with Gasteiger partial charge in [0.05, 0.1) is 12.4 Å². The Morgan fingerprint density at radius 3 is 2.48 bits per heavy atom. The average Bonchev–Trinajstić information content (AvgIpc) is 3.23. The van der Waals surface area contributed by atoms with Crippen molar-refractivity contribution < 1.29 is 13.2 Å². The normalized spacial score (nSPS) is 15.3. The molecule has 0 bridgehead atoms. The summed E-state index contributed by atoms with van der Waals surface area (Å²) in [5.74, 6) is -0.00910. The van der Waals surface area contributed by atoms with E-state index in [1.165, 1.54) is 0 Å². The van der Waals surface area contributed by atoms with Crippen molar-refractivity contribution in [2.24, 2.45) is 5.73 Å². The summed E-state index contributed by atoms with van der Waals surface area (Å²) >= 11 is 4.88. The molecular formula is C14H20N2O3S2. The third-order valence-corrected chi connectivity index (χ3v) is 5.54. The smallest absolute Gasteiger partial charge is 0.218 e. The molecular weight excluding hydrogens is 308 g/mol. The number of rotatable bonds is 8. The molecule has 116 valence electrons. The van der Waals surface area contributed by atoms with Crippen molar-refractivity contribution in [3.8, 4) is 0 Å². The molecule has 1 aromatic rings. The maximum absolute atomic E-state index is 12.5. The first-order valence-corrected chi connectivity index (χ1v) is 8.83. The molecule has 0 spiro atoms. The van der Waals surface area contributed by atoms with Crippen LogP contribution in [0.2, 0.25) is 0 Å². The quantitative estimate of drug-likeness (QED) is 0.727. The molecule has 2 N–H and O–H groups in total. The minimum atomic E-state index is -3.33. The van der Waals surface area contributed by atoms with Crippen LogP contribution in [0.5, 0.6) is 0 Å². The number of sulfonamides is 1. The van der Waals surface area contributed by atoms with Crippen LogP contribution in [-0.4, -0.2) is 44.0 Å². The van der Waals surface area contributed by atoms with E-state index in [1.807, 2.05) is 0 Å². The summed E-state index contributed by atoms with van der Waals surface area (Å²) in [7, 11) is -1.75. The lowest BCUT2D eigenvalue weighted by Crippen LogP contribution is -2.36. The van der Waals surface area contributed by atoms with Gasteiger partial charge in [-0.15, -0.1) is 0 Å². The lowest BCUT2D eigenvalue weighted by molar-refractivity contribution is 0.177. The highest BCUT2D eigenvalue weighted by molar-refractivity contribution is 7.88. The molecule has 0 radical (unpaired) electrons. The number of benzene rings is 1. The van der Waals surface area contributed by atoms with Gasteiger partial charge in [-0.3, -0.25) is 0 Å². The van der Waals surface area contributed by atoms with E-state index >= 15 is 0 Å². The van der Waals surface area contributed by atoms with Gasteiger partial charge in [-0.2, -0.15) is 4.31 Å². The maximum Gasteiger partial charge on any atom is 0.218 e. The molecule has 1 aromatic carbocycles. The zero-order valence-corrected chi connectivity index (χ0v) is 13.6. The van der Waals surface area contributed by atoms with Crippen LogP contribution >= 0.6 is 12.2 Å². The molecule has 1 aliphatic rings. The van der Waals surface area contributed by atoms with E-state index in [2.05, 4.69) is 0 Å². The Labute approximate surface area is 131 Å². The van der Waals surface area contributed by atoms with Crippen LogP contribution in [-0.2, 0) is 20.5 Å². The molecule has 1 saturated carbocycles. The van der Waals surface area contributed by atoms with E-state index in [-0.39, 0.29) is 11.8 Å². The van der Waals surface area contributed by atoms with Gasteiger partial charge < -0.3 is 10.5 Å². The Morgan fingerprint density at radius 1 is 1.38 bits per heavy atom. The first-order valence-electron chi connectivity index (χ1n) is 6.81. The van der Waals surface area contributed by atoms with Crippen molar-refractivity contribution in [2.75, 3.05) is 20.3 Å². The van der Waals surface area contributed by atoms with E-state index < -0.39 is 10.0 Å². The van der Waals surface area contributed by atoms with E-state index in [4.69, 9.17) is 22.7 Å². The highest BCUT2D eigenvalue weighted by Crippen LogP contribution is 2.30. The molecule has 2 rings (SSSR count). The van der Waals surface area contributed by atoms with Gasteiger partial charge in [-0.25, -0.2) is 8.42 Å². The van der Waals surface area contributed by atoms with E-state index in [0.29, 0.717) is 18.1 Å². The third-order valence-electron chi connectivity index (χ3n) is 3.41. The van der Waals surface area contributed by atoms with Gasteiger partial charge in [-0.05, 0) is 18.4 Å². The lowest BCUT2D eigenvalue weighted by Gasteiger charge is -2.21. The summed E-state index contributed by atoms with van der Waals surface area (Å²) in [4.78, 5) is 0.309. The Balaban J connectivity index is 2.09. The van der Waals surface area contributed by atoms with Gasteiger partial charge in [0.2, 0.25) is 10.0 Å². The highest BCUT2D eigenvalue weighted by atomic mass is 32.2. The summed E-state index contributed by atoms with van der Waals surface area (Å²) < 4.78 is 31.6. The minimum Gasteiger partial charge on any atom is -0.389 e. The summed E-state index contributed by atoms with van der Waals surface area (Å²) in [6, 6.07) is 7.16. The lowest BCUT2D eigenvalue weighted by atomic mass is 10.1.